The first-order chi connectivity index (χ1) is 16.7. The first-order valence-corrected chi connectivity index (χ1v) is 11.0. The van der Waals surface area contributed by atoms with Crippen LogP contribution in [-0.2, 0) is 0 Å². The van der Waals surface area contributed by atoms with E-state index in [1.54, 1.807) is 54.6 Å². The SMILES string of the molecule is O=C(O)c1ccccc1[C@@H]1[C@H](O)[C@H](O)[C@@H](c2ccccc2C(=O)O)C[C@H]1c1ccccc1C(=O)O. The van der Waals surface area contributed by atoms with E-state index in [9.17, 15) is 39.9 Å². The van der Waals surface area contributed by atoms with Gasteiger partial charge in [-0.25, -0.2) is 14.4 Å². The standard InChI is InChI=1S/C27H24O8/c28-23-21(15-8-2-5-11-18(15)26(32)33)13-20(14-7-1-4-10-17(14)25(30)31)22(24(23)29)16-9-3-6-12-19(16)27(34)35/h1-12,20-24,28-29H,13H2,(H,30,31)(H,32,33)(H,34,35)/t20-,21+,22-,23+,24-/m0/s1. The van der Waals surface area contributed by atoms with Crippen molar-refractivity contribution in [3.8, 4) is 0 Å². The predicted octanol–water partition coefficient (Wildman–Crippen LogP) is 3.56. The van der Waals surface area contributed by atoms with Gasteiger partial charge in [-0.3, -0.25) is 0 Å². The fraction of sp³-hybridized carbons (Fsp3) is 0.222. The number of hydrogen-bond acceptors (Lipinski definition) is 5. The summed E-state index contributed by atoms with van der Waals surface area (Å²) in [5, 5.41) is 51.9. The van der Waals surface area contributed by atoms with Gasteiger partial charge in [0.05, 0.1) is 28.9 Å². The zero-order valence-corrected chi connectivity index (χ0v) is 18.5. The van der Waals surface area contributed by atoms with Gasteiger partial charge in [-0.15, -0.1) is 0 Å². The second-order valence-corrected chi connectivity index (χ2v) is 8.63. The van der Waals surface area contributed by atoms with E-state index in [1.807, 2.05) is 0 Å². The smallest absolute Gasteiger partial charge is 0.335 e. The molecule has 1 aliphatic carbocycles. The van der Waals surface area contributed by atoms with Crippen LogP contribution in [0.2, 0.25) is 0 Å². The van der Waals surface area contributed by atoms with E-state index in [-0.39, 0.29) is 28.7 Å². The van der Waals surface area contributed by atoms with Crippen LogP contribution < -0.4 is 0 Å². The number of carboxylic acids is 3. The van der Waals surface area contributed by atoms with Crippen molar-refractivity contribution in [1.82, 2.24) is 0 Å². The summed E-state index contributed by atoms with van der Waals surface area (Å²) in [6.45, 7) is 0. The minimum Gasteiger partial charge on any atom is -0.478 e. The van der Waals surface area contributed by atoms with E-state index >= 15 is 0 Å². The topological polar surface area (TPSA) is 152 Å². The number of hydrogen-bond donors (Lipinski definition) is 5. The summed E-state index contributed by atoms with van der Waals surface area (Å²) in [6, 6.07) is 18.5. The lowest BCUT2D eigenvalue weighted by Crippen LogP contribution is -2.45. The van der Waals surface area contributed by atoms with Crippen molar-refractivity contribution in [3.63, 3.8) is 0 Å². The number of carbonyl (C=O) groups is 3. The Morgan fingerprint density at radius 3 is 1.37 bits per heavy atom. The monoisotopic (exact) mass is 476 g/mol. The van der Waals surface area contributed by atoms with Crippen molar-refractivity contribution >= 4 is 17.9 Å². The van der Waals surface area contributed by atoms with Crippen LogP contribution in [-0.4, -0.2) is 55.6 Å². The number of aromatic carboxylic acids is 3. The van der Waals surface area contributed by atoms with Gasteiger partial charge in [-0.1, -0.05) is 54.6 Å². The van der Waals surface area contributed by atoms with Crippen molar-refractivity contribution in [1.29, 1.82) is 0 Å². The molecule has 5 N–H and O–H groups in total. The molecule has 0 aromatic heterocycles. The average molecular weight is 476 g/mol. The summed E-state index contributed by atoms with van der Waals surface area (Å²) in [5.41, 5.74) is 0.846. The zero-order valence-electron chi connectivity index (χ0n) is 18.5. The minimum absolute atomic E-state index is 0.0100. The van der Waals surface area contributed by atoms with Gasteiger partial charge in [0.1, 0.15) is 0 Å². The summed E-state index contributed by atoms with van der Waals surface area (Å²) >= 11 is 0. The molecule has 1 aliphatic rings. The molecule has 35 heavy (non-hydrogen) atoms. The predicted molar refractivity (Wildman–Crippen MR) is 125 cm³/mol. The number of rotatable bonds is 6. The molecule has 1 fully saturated rings. The second-order valence-electron chi connectivity index (χ2n) is 8.63. The van der Waals surface area contributed by atoms with Crippen molar-refractivity contribution in [2.75, 3.05) is 0 Å². The Kier molecular flexibility index (Phi) is 6.68. The molecular formula is C27H24O8. The van der Waals surface area contributed by atoms with Gasteiger partial charge < -0.3 is 25.5 Å². The quantitative estimate of drug-likeness (QED) is 0.362. The molecule has 8 heteroatoms. The molecule has 1 saturated carbocycles. The third-order valence-corrected chi connectivity index (χ3v) is 6.80. The van der Waals surface area contributed by atoms with Crippen LogP contribution in [0.15, 0.2) is 72.8 Å². The van der Waals surface area contributed by atoms with Gasteiger partial charge in [-0.05, 0) is 47.2 Å². The Bertz CT molecular complexity index is 1280. The van der Waals surface area contributed by atoms with Crippen LogP contribution in [0.3, 0.4) is 0 Å². The third kappa shape index (κ3) is 4.41. The summed E-state index contributed by atoms with van der Waals surface area (Å²) in [7, 11) is 0. The number of benzene rings is 3. The second kappa shape index (κ2) is 9.69. The average Bonchev–Trinajstić information content (AvgIpc) is 2.85. The number of aliphatic hydroxyl groups is 2. The Morgan fingerprint density at radius 1 is 0.543 bits per heavy atom. The minimum atomic E-state index is -1.50. The lowest BCUT2D eigenvalue weighted by Gasteiger charge is -2.44. The molecule has 4 rings (SSSR count). The maximum Gasteiger partial charge on any atom is 0.335 e. The van der Waals surface area contributed by atoms with Crippen LogP contribution in [0.25, 0.3) is 0 Å². The Balaban J connectivity index is 1.93. The molecule has 0 heterocycles. The molecule has 0 aliphatic heterocycles. The van der Waals surface area contributed by atoms with Crippen molar-refractivity contribution < 1.29 is 39.9 Å². The normalized spacial score (nSPS) is 24.0. The van der Waals surface area contributed by atoms with Crippen molar-refractivity contribution in [3.05, 3.63) is 106 Å². The molecule has 180 valence electrons. The molecule has 3 aromatic carbocycles. The highest BCUT2D eigenvalue weighted by molar-refractivity contribution is 5.91. The van der Waals surface area contributed by atoms with Crippen molar-refractivity contribution in [2.45, 2.75) is 36.4 Å². The molecule has 0 radical (unpaired) electrons. The Labute approximate surface area is 200 Å². The molecule has 0 bridgehead atoms. The fourth-order valence-electron chi connectivity index (χ4n) is 5.29. The molecular weight excluding hydrogens is 452 g/mol. The molecule has 0 amide bonds. The molecule has 0 spiro atoms. The van der Waals surface area contributed by atoms with E-state index in [2.05, 4.69) is 0 Å². The van der Waals surface area contributed by atoms with Gasteiger partial charge in [0, 0.05) is 11.8 Å². The van der Waals surface area contributed by atoms with Gasteiger partial charge in [0.2, 0.25) is 0 Å². The lowest BCUT2D eigenvalue weighted by atomic mass is 9.63. The highest BCUT2D eigenvalue weighted by Gasteiger charge is 2.47. The first kappa shape index (κ1) is 24.1. The Morgan fingerprint density at radius 2 is 0.914 bits per heavy atom. The van der Waals surface area contributed by atoms with E-state index < -0.39 is 47.9 Å². The molecule has 0 saturated heterocycles. The highest BCUT2D eigenvalue weighted by atomic mass is 16.4. The van der Waals surface area contributed by atoms with E-state index in [0.29, 0.717) is 11.1 Å². The largest absolute Gasteiger partial charge is 0.478 e. The summed E-state index contributed by atoms with van der Waals surface area (Å²) in [5.74, 6) is -6.11. The summed E-state index contributed by atoms with van der Waals surface area (Å²) < 4.78 is 0. The fourth-order valence-corrected chi connectivity index (χ4v) is 5.29. The van der Waals surface area contributed by atoms with Gasteiger partial charge in [0.15, 0.2) is 0 Å². The van der Waals surface area contributed by atoms with E-state index in [0.717, 1.165) is 0 Å². The Hall–Kier alpha value is -4.01. The van der Waals surface area contributed by atoms with Crippen LogP contribution in [0.5, 0.6) is 0 Å². The van der Waals surface area contributed by atoms with E-state index in [4.69, 9.17) is 0 Å². The number of carboxylic acid groups (broad SMARTS) is 3. The molecule has 3 aromatic rings. The first-order valence-electron chi connectivity index (χ1n) is 11.0. The maximum absolute atomic E-state index is 12.0. The van der Waals surface area contributed by atoms with Gasteiger partial charge in [-0.2, -0.15) is 0 Å². The zero-order chi connectivity index (χ0) is 25.3. The van der Waals surface area contributed by atoms with Gasteiger partial charge >= 0.3 is 17.9 Å². The van der Waals surface area contributed by atoms with Crippen LogP contribution >= 0.6 is 0 Å². The van der Waals surface area contributed by atoms with Crippen LogP contribution in [0.4, 0.5) is 0 Å². The summed E-state index contributed by atoms with van der Waals surface area (Å²) in [6.07, 6.45) is -2.83. The maximum atomic E-state index is 12.0. The molecule has 8 nitrogen and oxygen atoms in total. The molecule has 0 unspecified atom stereocenters. The molecule has 5 atom stereocenters. The lowest BCUT2D eigenvalue weighted by molar-refractivity contribution is -0.0438. The summed E-state index contributed by atoms with van der Waals surface area (Å²) in [4.78, 5) is 35.9. The van der Waals surface area contributed by atoms with Crippen molar-refractivity contribution in [2.24, 2.45) is 0 Å². The van der Waals surface area contributed by atoms with Crippen LogP contribution in [0, 0.1) is 0 Å². The van der Waals surface area contributed by atoms with Gasteiger partial charge in [0.25, 0.3) is 0 Å². The highest BCUT2D eigenvalue weighted by Crippen LogP contribution is 2.51. The number of aliphatic hydroxyl groups excluding tert-OH is 2. The third-order valence-electron chi connectivity index (χ3n) is 6.80. The van der Waals surface area contributed by atoms with Crippen LogP contribution in [0.1, 0.15) is 71.9 Å². The van der Waals surface area contributed by atoms with E-state index in [1.165, 1.54) is 18.2 Å².